The van der Waals surface area contributed by atoms with Gasteiger partial charge in [0.05, 0.1) is 7.11 Å². The second-order valence-corrected chi connectivity index (χ2v) is 3.68. The molecule has 1 aliphatic rings. The Hall–Kier alpha value is -1.13. The largest absolute Gasteiger partial charge is 0.466 e. The molecule has 1 heterocycles. The number of ether oxygens (including phenoxy) is 3. The maximum atomic E-state index is 10.9. The molecule has 0 radical (unpaired) electrons. The van der Waals surface area contributed by atoms with Gasteiger partial charge in [-0.2, -0.15) is 0 Å². The zero-order valence-corrected chi connectivity index (χ0v) is 9.23. The summed E-state index contributed by atoms with van der Waals surface area (Å²) < 4.78 is 15.6. The van der Waals surface area contributed by atoms with Crippen LogP contribution in [-0.4, -0.2) is 31.1 Å². The molecule has 0 aromatic carbocycles. The topological polar surface area (TPSA) is 44.8 Å². The lowest BCUT2D eigenvalue weighted by molar-refractivity contribution is -0.139. The van der Waals surface area contributed by atoms with Gasteiger partial charge in [-0.1, -0.05) is 6.08 Å². The first-order valence-corrected chi connectivity index (χ1v) is 4.73. The first-order chi connectivity index (χ1) is 6.98. The summed E-state index contributed by atoms with van der Waals surface area (Å²) in [5.74, 6) is -1.06. The molecule has 0 unspecified atom stereocenters. The van der Waals surface area contributed by atoms with Crippen LogP contribution in [0.3, 0.4) is 0 Å². The van der Waals surface area contributed by atoms with E-state index in [9.17, 15) is 4.79 Å². The number of hydrogen-bond donors (Lipinski definition) is 0. The Kier molecular flexibility index (Phi) is 3.66. The van der Waals surface area contributed by atoms with Crippen LogP contribution in [0, 0.1) is 0 Å². The van der Waals surface area contributed by atoms with E-state index in [1.54, 1.807) is 12.2 Å². The summed E-state index contributed by atoms with van der Waals surface area (Å²) in [7, 11) is 1.33. The van der Waals surface area contributed by atoms with Crippen LogP contribution in [0.4, 0.5) is 0 Å². The summed E-state index contributed by atoms with van der Waals surface area (Å²) in [5, 5.41) is 0. The van der Waals surface area contributed by atoms with Gasteiger partial charge in [-0.3, -0.25) is 0 Å². The fraction of sp³-hybridized carbons (Fsp3) is 0.545. The van der Waals surface area contributed by atoms with E-state index in [1.165, 1.54) is 13.2 Å². The van der Waals surface area contributed by atoms with Crippen molar-refractivity contribution in [2.24, 2.45) is 0 Å². The highest BCUT2D eigenvalue weighted by molar-refractivity contribution is 5.81. The molecule has 0 saturated carbocycles. The maximum absolute atomic E-state index is 10.9. The van der Waals surface area contributed by atoms with Gasteiger partial charge in [0.15, 0.2) is 5.79 Å². The van der Waals surface area contributed by atoms with E-state index in [2.05, 4.69) is 11.3 Å². The monoisotopic (exact) mass is 212 g/mol. The Morgan fingerprint density at radius 1 is 1.40 bits per heavy atom. The highest BCUT2D eigenvalue weighted by Crippen LogP contribution is 2.29. The van der Waals surface area contributed by atoms with Crippen molar-refractivity contribution in [2.75, 3.05) is 7.11 Å². The number of carbonyl (C=O) groups excluding carboxylic acids is 1. The summed E-state index contributed by atoms with van der Waals surface area (Å²) in [4.78, 5) is 10.9. The van der Waals surface area contributed by atoms with Crippen molar-refractivity contribution in [3.05, 3.63) is 24.8 Å². The van der Waals surface area contributed by atoms with Gasteiger partial charge in [0.1, 0.15) is 12.2 Å². The molecule has 0 bridgehead atoms. The number of hydrogen-bond acceptors (Lipinski definition) is 4. The van der Waals surface area contributed by atoms with Crippen LogP contribution in [0.5, 0.6) is 0 Å². The Bertz CT molecular complexity index is 280. The van der Waals surface area contributed by atoms with E-state index in [0.717, 1.165) is 0 Å². The van der Waals surface area contributed by atoms with Crippen molar-refractivity contribution in [1.82, 2.24) is 0 Å². The number of rotatable bonds is 3. The van der Waals surface area contributed by atoms with Gasteiger partial charge in [0.25, 0.3) is 0 Å². The van der Waals surface area contributed by atoms with Crippen molar-refractivity contribution < 1.29 is 19.0 Å². The molecule has 4 nitrogen and oxygen atoms in total. The summed E-state index contributed by atoms with van der Waals surface area (Å²) in [6, 6.07) is 0. The number of carbonyl (C=O) groups is 1. The predicted molar refractivity (Wildman–Crippen MR) is 55.2 cm³/mol. The molecule has 0 aromatic rings. The minimum absolute atomic E-state index is 0.235. The lowest BCUT2D eigenvalue weighted by atomic mass is 10.2. The fourth-order valence-corrected chi connectivity index (χ4v) is 1.39. The van der Waals surface area contributed by atoms with Crippen molar-refractivity contribution in [3.63, 3.8) is 0 Å². The van der Waals surface area contributed by atoms with E-state index in [-0.39, 0.29) is 12.2 Å². The molecule has 0 aromatic heterocycles. The molecule has 1 aliphatic heterocycles. The molecule has 84 valence electrons. The van der Waals surface area contributed by atoms with E-state index in [0.29, 0.717) is 0 Å². The molecular weight excluding hydrogens is 196 g/mol. The van der Waals surface area contributed by atoms with Gasteiger partial charge < -0.3 is 14.2 Å². The first-order valence-electron chi connectivity index (χ1n) is 4.73. The van der Waals surface area contributed by atoms with Gasteiger partial charge in [-0.05, 0) is 19.9 Å². The van der Waals surface area contributed by atoms with Crippen LogP contribution in [0.15, 0.2) is 24.8 Å². The van der Waals surface area contributed by atoms with Crippen LogP contribution >= 0.6 is 0 Å². The van der Waals surface area contributed by atoms with E-state index < -0.39 is 11.8 Å². The van der Waals surface area contributed by atoms with Crippen molar-refractivity contribution >= 4 is 5.97 Å². The summed E-state index contributed by atoms with van der Waals surface area (Å²) >= 11 is 0. The van der Waals surface area contributed by atoms with Crippen LogP contribution in [0.25, 0.3) is 0 Å². The van der Waals surface area contributed by atoms with Crippen molar-refractivity contribution in [1.29, 1.82) is 0 Å². The second kappa shape index (κ2) is 4.59. The summed E-state index contributed by atoms with van der Waals surface area (Å²) in [5.41, 5.74) is 0. The first kappa shape index (κ1) is 11.9. The Morgan fingerprint density at radius 3 is 2.53 bits per heavy atom. The molecule has 0 spiro atoms. The number of esters is 1. The average molecular weight is 212 g/mol. The van der Waals surface area contributed by atoms with Crippen molar-refractivity contribution in [2.45, 2.75) is 31.8 Å². The van der Waals surface area contributed by atoms with Gasteiger partial charge in [0.2, 0.25) is 0 Å². The Labute approximate surface area is 89.5 Å². The van der Waals surface area contributed by atoms with Crippen LogP contribution in [0.2, 0.25) is 0 Å². The molecule has 4 heteroatoms. The third-order valence-corrected chi connectivity index (χ3v) is 2.02. The minimum Gasteiger partial charge on any atom is -0.466 e. The molecule has 1 fully saturated rings. The van der Waals surface area contributed by atoms with Crippen LogP contribution in [0.1, 0.15) is 13.8 Å². The Balaban J connectivity index is 2.65. The van der Waals surface area contributed by atoms with Gasteiger partial charge in [-0.15, -0.1) is 6.58 Å². The smallest absolute Gasteiger partial charge is 0.330 e. The molecule has 1 saturated heterocycles. The predicted octanol–water partition coefficient (Wildman–Crippen LogP) is 1.42. The molecule has 0 amide bonds. The minimum atomic E-state index is -0.649. The molecule has 15 heavy (non-hydrogen) atoms. The lowest BCUT2D eigenvalue weighted by Crippen LogP contribution is -2.20. The number of methoxy groups -OCH3 is 1. The molecule has 1 rings (SSSR count). The third-order valence-electron chi connectivity index (χ3n) is 2.02. The normalized spacial score (nSPS) is 29.3. The zero-order chi connectivity index (χ0) is 11.5. The lowest BCUT2D eigenvalue weighted by Gasteiger charge is -2.15. The Morgan fingerprint density at radius 2 is 2.00 bits per heavy atom. The van der Waals surface area contributed by atoms with Crippen LogP contribution < -0.4 is 0 Å². The van der Waals surface area contributed by atoms with Crippen LogP contribution in [-0.2, 0) is 19.0 Å². The van der Waals surface area contributed by atoms with Gasteiger partial charge >= 0.3 is 5.97 Å². The summed E-state index contributed by atoms with van der Waals surface area (Å²) in [6.45, 7) is 7.28. The van der Waals surface area contributed by atoms with Crippen molar-refractivity contribution in [3.8, 4) is 0 Å². The van der Waals surface area contributed by atoms with Gasteiger partial charge in [0, 0.05) is 6.08 Å². The maximum Gasteiger partial charge on any atom is 0.330 e. The van der Waals surface area contributed by atoms with E-state index in [1.807, 2.05) is 13.8 Å². The molecular formula is C11H16O4. The SMILES string of the molecule is C=C[C@H]1OC(C)(C)O[C@H]1/C=C\C(=O)OC. The highest BCUT2D eigenvalue weighted by atomic mass is 16.7. The standard InChI is InChI=1S/C11H16O4/c1-5-8-9(6-7-10(12)13-4)15-11(2,3)14-8/h5-9H,1H2,2-4H3/b7-6-/t8-,9+/m1/s1. The zero-order valence-electron chi connectivity index (χ0n) is 9.23. The fourth-order valence-electron chi connectivity index (χ4n) is 1.39. The van der Waals surface area contributed by atoms with E-state index in [4.69, 9.17) is 9.47 Å². The molecule has 0 aliphatic carbocycles. The average Bonchev–Trinajstić information content (AvgIpc) is 2.49. The summed E-state index contributed by atoms with van der Waals surface area (Å²) in [6.07, 6.45) is 4.07. The highest BCUT2D eigenvalue weighted by Gasteiger charge is 2.38. The molecule has 0 N–H and O–H groups in total. The quantitative estimate of drug-likeness (QED) is 0.403. The van der Waals surface area contributed by atoms with E-state index >= 15 is 0 Å². The third kappa shape index (κ3) is 3.18. The second-order valence-electron chi connectivity index (χ2n) is 3.68. The molecule has 2 atom stereocenters. The van der Waals surface area contributed by atoms with Gasteiger partial charge in [-0.25, -0.2) is 4.79 Å².